The summed E-state index contributed by atoms with van der Waals surface area (Å²) in [4.78, 5) is 22.0. The molecule has 3 fully saturated rings. The minimum Gasteiger partial charge on any atom is -0.466 e. The van der Waals surface area contributed by atoms with E-state index >= 15 is 0 Å². The average Bonchev–Trinajstić information content (AvgIpc) is 3.12. The maximum Gasteiger partial charge on any atom is 0.302 e. The van der Waals surface area contributed by atoms with Crippen molar-refractivity contribution in [2.45, 2.75) is 265 Å². The van der Waals surface area contributed by atoms with Gasteiger partial charge in [0, 0.05) is 19.8 Å². The molecule has 3 aliphatic rings. The summed E-state index contributed by atoms with van der Waals surface area (Å²) >= 11 is 0. The lowest BCUT2D eigenvalue weighted by Crippen LogP contribution is -2.10. The summed E-state index contributed by atoms with van der Waals surface area (Å²) < 4.78 is 4.91. The first-order valence-corrected chi connectivity index (χ1v) is 22.2. The van der Waals surface area contributed by atoms with Gasteiger partial charge in [0.2, 0.25) is 0 Å². The Labute approximate surface area is 302 Å². The van der Waals surface area contributed by atoms with E-state index in [-0.39, 0.29) is 5.97 Å². The van der Waals surface area contributed by atoms with Gasteiger partial charge in [-0.15, -0.1) is 0 Å². The number of ketones is 1. The van der Waals surface area contributed by atoms with E-state index in [2.05, 4.69) is 13.8 Å². The van der Waals surface area contributed by atoms with Gasteiger partial charge >= 0.3 is 5.97 Å². The van der Waals surface area contributed by atoms with Crippen molar-refractivity contribution < 1.29 is 14.3 Å². The molecule has 0 heterocycles. The molecular formula is C45H88O3. The van der Waals surface area contributed by atoms with Crippen LogP contribution in [0.25, 0.3) is 0 Å². The fourth-order valence-corrected chi connectivity index (χ4v) is 7.36. The molecule has 0 aromatic carbocycles. The van der Waals surface area contributed by atoms with Gasteiger partial charge in [-0.25, -0.2) is 0 Å². The van der Waals surface area contributed by atoms with Crippen molar-refractivity contribution in [1.82, 2.24) is 0 Å². The third-order valence-electron chi connectivity index (χ3n) is 10.7. The first-order chi connectivity index (χ1) is 23.6. The van der Waals surface area contributed by atoms with Crippen LogP contribution in [0.3, 0.4) is 0 Å². The van der Waals surface area contributed by atoms with E-state index in [4.69, 9.17) is 4.74 Å². The smallest absolute Gasteiger partial charge is 0.302 e. The van der Waals surface area contributed by atoms with Crippen molar-refractivity contribution in [3.8, 4) is 0 Å². The summed E-state index contributed by atoms with van der Waals surface area (Å²) in [6.07, 6.45) is 51.9. The summed E-state index contributed by atoms with van der Waals surface area (Å²) in [6.45, 7) is 6.67. The third kappa shape index (κ3) is 39.6. The van der Waals surface area contributed by atoms with Gasteiger partial charge in [0.25, 0.3) is 0 Å². The van der Waals surface area contributed by atoms with Gasteiger partial charge in [-0.3, -0.25) is 9.59 Å². The lowest BCUT2D eigenvalue weighted by molar-refractivity contribution is -0.141. The summed E-state index contributed by atoms with van der Waals surface area (Å²) in [5.41, 5.74) is 0. The van der Waals surface area contributed by atoms with Crippen LogP contribution < -0.4 is 0 Å². The van der Waals surface area contributed by atoms with Crippen molar-refractivity contribution in [1.29, 1.82) is 0 Å². The first kappa shape index (κ1) is 47.1. The number of esters is 1. The number of hydrogen-bond acceptors (Lipinski definition) is 3. The van der Waals surface area contributed by atoms with Gasteiger partial charge in [-0.05, 0) is 25.2 Å². The largest absolute Gasteiger partial charge is 0.466 e. The number of carbonyl (C=O) groups is 2. The Morgan fingerprint density at radius 3 is 1.08 bits per heavy atom. The molecule has 0 unspecified atom stereocenters. The number of unbranched alkanes of at least 4 members (excludes halogenated alkanes) is 11. The van der Waals surface area contributed by atoms with Crippen LogP contribution in [0.2, 0.25) is 0 Å². The van der Waals surface area contributed by atoms with Gasteiger partial charge < -0.3 is 4.74 Å². The van der Waals surface area contributed by atoms with Crippen LogP contribution in [-0.4, -0.2) is 18.4 Å². The predicted molar refractivity (Wildman–Crippen MR) is 212 cm³/mol. The summed E-state index contributed by atoms with van der Waals surface area (Å²) in [7, 11) is 0. The Morgan fingerprint density at radius 2 is 0.771 bits per heavy atom. The lowest BCUT2D eigenvalue weighted by atomic mass is 9.87. The van der Waals surface area contributed by atoms with E-state index in [0.717, 1.165) is 38.0 Å². The van der Waals surface area contributed by atoms with Gasteiger partial charge in [0.15, 0.2) is 0 Å². The van der Waals surface area contributed by atoms with Gasteiger partial charge in [0.1, 0.15) is 5.78 Å². The zero-order valence-corrected chi connectivity index (χ0v) is 33.4. The molecule has 0 radical (unpaired) electrons. The van der Waals surface area contributed by atoms with Crippen molar-refractivity contribution in [2.75, 3.05) is 6.61 Å². The average molecular weight is 677 g/mol. The fourth-order valence-electron chi connectivity index (χ4n) is 7.36. The lowest BCUT2D eigenvalue weighted by Gasteiger charge is -2.20. The minimum atomic E-state index is -0.147. The summed E-state index contributed by atoms with van der Waals surface area (Å²) in [6, 6.07) is 0. The monoisotopic (exact) mass is 677 g/mol. The second-order valence-corrected chi connectivity index (χ2v) is 15.6. The van der Waals surface area contributed by atoms with Crippen LogP contribution in [0.1, 0.15) is 265 Å². The Hall–Kier alpha value is -0.860. The molecule has 0 N–H and O–H groups in total. The molecule has 0 atom stereocenters. The number of rotatable bonds is 14. The normalized spacial score (nSPS) is 18.7. The van der Waals surface area contributed by atoms with Gasteiger partial charge in [0.05, 0.1) is 6.61 Å². The zero-order valence-electron chi connectivity index (χ0n) is 33.4. The van der Waals surface area contributed by atoms with Crippen LogP contribution in [0.4, 0.5) is 0 Å². The Bertz CT molecular complexity index is 593. The number of hydrogen-bond donors (Lipinski definition) is 0. The third-order valence-corrected chi connectivity index (χ3v) is 10.7. The molecule has 0 spiro atoms. The molecule has 0 aromatic rings. The molecule has 0 saturated heterocycles. The summed E-state index contributed by atoms with van der Waals surface area (Å²) in [5.74, 6) is 1.18. The number of carbonyl (C=O) groups excluding carboxylic acids is 2. The molecule has 0 aliphatic heterocycles. The van der Waals surface area contributed by atoms with E-state index in [1.165, 1.54) is 219 Å². The Morgan fingerprint density at radius 1 is 0.479 bits per heavy atom. The number of Topliss-reactive ketones (excluding diaryl/α,β-unsaturated/α-hetero) is 1. The van der Waals surface area contributed by atoms with E-state index in [1.54, 1.807) is 0 Å². The maximum atomic E-state index is 11.5. The van der Waals surface area contributed by atoms with Crippen molar-refractivity contribution in [3.05, 3.63) is 0 Å². The number of ether oxygens (including phenoxy) is 1. The molecule has 3 nitrogen and oxygen atoms in total. The topological polar surface area (TPSA) is 43.4 Å². The van der Waals surface area contributed by atoms with E-state index in [9.17, 15) is 9.59 Å². The van der Waals surface area contributed by atoms with E-state index in [0.29, 0.717) is 12.4 Å². The maximum absolute atomic E-state index is 11.5. The van der Waals surface area contributed by atoms with Crippen LogP contribution in [0.5, 0.6) is 0 Å². The van der Waals surface area contributed by atoms with Gasteiger partial charge in [-0.1, -0.05) is 226 Å². The fraction of sp³-hybridized carbons (Fsp3) is 0.956. The molecule has 0 bridgehead atoms. The van der Waals surface area contributed by atoms with Crippen LogP contribution >= 0.6 is 0 Å². The highest BCUT2D eigenvalue weighted by atomic mass is 16.5. The van der Waals surface area contributed by atoms with E-state index < -0.39 is 0 Å². The molecule has 0 aromatic heterocycles. The Balaban J connectivity index is 0.000000639. The highest BCUT2D eigenvalue weighted by Gasteiger charge is 2.13. The van der Waals surface area contributed by atoms with Crippen molar-refractivity contribution in [3.63, 3.8) is 0 Å². The first-order valence-electron chi connectivity index (χ1n) is 22.2. The molecule has 0 amide bonds. The van der Waals surface area contributed by atoms with Crippen LogP contribution in [-0.2, 0) is 14.3 Å². The van der Waals surface area contributed by atoms with E-state index in [1.807, 2.05) is 0 Å². The van der Waals surface area contributed by atoms with Crippen LogP contribution in [0.15, 0.2) is 0 Å². The van der Waals surface area contributed by atoms with Crippen molar-refractivity contribution >= 4 is 11.8 Å². The molecular weight excluding hydrogens is 588 g/mol. The molecule has 286 valence electrons. The molecule has 48 heavy (non-hydrogen) atoms. The molecule has 3 saturated carbocycles. The standard InChI is InChI=1S/C15H28O.C14H30.C10H18O2.C6H12/c16-15-13-11-9-7-5-3-1-2-4-6-8-10-12-14-15;1-3-5-7-9-11-13-14-12-10-8-6-4-2;1-9(11)12-8-7-10-5-3-2-4-6-10;1-2-4-6-5-3-1/h1-14H2;3-14H2,1-2H3;10H,2-8H2,1H3;1-6H2. The molecule has 3 aliphatic carbocycles. The van der Waals surface area contributed by atoms with Crippen molar-refractivity contribution in [2.24, 2.45) is 5.92 Å². The highest BCUT2D eigenvalue weighted by molar-refractivity contribution is 5.78. The second kappa shape index (κ2) is 40.6. The Kier molecular flexibility index (Phi) is 39.8. The summed E-state index contributed by atoms with van der Waals surface area (Å²) in [5, 5.41) is 0. The second-order valence-electron chi connectivity index (χ2n) is 15.6. The highest BCUT2D eigenvalue weighted by Crippen LogP contribution is 2.26. The van der Waals surface area contributed by atoms with Gasteiger partial charge in [-0.2, -0.15) is 0 Å². The quantitative estimate of drug-likeness (QED) is 0.136. The predicted octanol–water partition coefficient (Wildman–Crippen LogP) is 15.6. The van der Waals surface area contributed by atoms with Crippen LogP contribution in [0, 0.1) is 5.92 Å². The molecule has 3 rings (SSSR count). The SMILES string of the molecule is C1CCCCC1.CC(=O)OCCC1CCCCC1.CCCCCCCCCCCCCC.O=C1CCCCCCCCCCCCCC1. The zero-order chi connectivity index (χ0) is 35.0. The molecule has 3 heteroatoms. The minimum absolute atomic E-state index is 0.147.